The number of rotatable bonds is 23. The van der Waals surface area contributed by atoms with Gasteiger partial charge < -0.3 is 56.4 Å². The molecule has 0 spiro atoms. The van der Waals surface area contributed by atoms with Crippen molar-refractivity contribution >= 4 is 63.6 Å². The number of carbonyl (C=O) groups is 6. The fourth-order valence-electron chi connectivity index (χ4n) is 9.43. The van der Waals surface area contributed by atoms with Gasteiger partial charge in [-0.1, -0.05) is 65.8 Å². The van der Waals surface area contributed by atoms with E-state index in [1.807, 2.05) is 0 Å². The Bertz CT molecular complexity index is 3050. The molecule has 1 aromatic heterocycles. The average Bonchev–Trinajstić information content (AvgIpc) is 4.27. The maximum absolute atomic E-state index is 14.8. The summed E-state index contributed by atoms with van der Waals surface area (Å²) in [6, 6.07) is 5.59. The van der Waals surface area contributed by atoms with E-state index in [4.69, 9.17) is 42.0 Å². The molecule has 0 unspecified atom stereocenters. The Hall–Kier alpha value is -6.89. The molecule has 3 aliphatic rings. The van der Waals surface area contributed by atoms with Crippen LogP contribution < -0.4 is 29.6 Å². The van der Waals surface area contributed by atoms with Crippen LogP contribution in [0.5, 0.6) is 23.0 Å². The molecule has 2 saturated heterocycles. The molecule has 4 amide bonds. The number of allylic oxidation sites excluding steroid dienone is 2. The van der Waals surface area contributed by atoms with Crippen LogP contribution in [0.25, 0.3) is 0 Å². The first kappa shape index (κ1) is 66.3. The molecule has 22 heteroatoms. The highest BCUT2D eigenvalue weighted by Gasteiger charge is 2.43. The van der Waals surface area contributed by atoms with Crippen molar-refractivity contribution in [1.29, 1.82) is 0 Å². The molecule has 2 aromatic carbocycles. The fraction of sp³-hybridized carbons (Fsp3) is 0.548. The maximum Gasteiger partial charge on any atom is 0.412 e. The van der Waals surface area contributed by atoms with Gasteiger partial charge in [0.05, 0.1) is 87.9 Å². The molecular weight excluding hydrogens is 1110 g/mol. The lowest BCUT2D eigenvalue weighted by molar-refractivity contribution is 0.0633. The van der Waals surface area contributed by atoms with E-state index in [1.165, 1.54) is 38.0 Å². The van der Waals surface area contributed by atoms with Gasteiger partial charge in [-0.15, -0.1) is 0 Å². The van der Waals surface area contributed by atoms with Gasteiger partial charge >= 0.3 is 12.2 Å². The lowest BCUT2D eigenvalue weighted by atomic mass is 9.97. The highest BCUT2D eigenvalue weighted by Crippen LogP contribution is 2.42. The Morgan fingerprint density at radius 2 is 1.10 bits per heavy atom. The van der Waals surface area contributed by atoms with Crippen LogP contribution in [0, 0.1) is 0 Å². The number of ether oxygens (including phenoxy) is 7. The van der Waals surface area contributed by atoms with Crippen molar-refractivity contribution in [2.75, 3.05) is 71.5 Å². The Balaban J connectivity index is 1.18. The number of aryl methyl sites for hydroxylation is 1. The van der Waals surface area contributed by atoms with E-state index in [9.17, 15) is 28.8 Å². The molecule has 2 atom stereocenters. The van der Waals surface area contributed by atoms with E-state index in [2.05, 4.69) is 91.5 Å². The molecule has 460 valence electrons. The van der Waals surface area contributed by atoms with E-state index in [1.54, 1.807) is 55.9 Å². The number of hydrogen-bond acceptors (Lipinski definition) is 15. The molecule has 0 bridgehead atoms. The van der Waals surface area contributed by atoms with Crippen molar-refractivity contribution in [1.82, 2.24) is 14.4 Å². The first-order chi connectivity index (χ1) is 39.1. The molecule has 1 aliphatic carbocycles. The van der Waals surface area contributed by atoms with Gasteiger partial charge in [0.15, 0.2) is 45.4 Å². The monoisotopic (exact) mass is 1200 g/mol. The number of aromatic nitrogens is 1. The number of amides is 4. The minimum atomic E-state index is -2.21. The van der Waals surface area contributed by atoms with Crippen molar-refractivity contribution in [3.8, 4) is 23.0 Å². The summed E-state index contributed by atoms with van der Waals surface area (Å²) >= 11 is 0. The van der Waals surface area contributed by atoms with Gasteiger partial charge in [0, 0.05) is 50.1 Å². The molecule has 6 rings (SSSR count). The number of unbranched alkanes of at least 4 members (excludes halogenated alkanes) is 2. The molecule has 3 aromatic rings. The first-order valence-corrected chi connectivity index (χ1v) is 34.3. The zero-order valence-corrected chi connectivity index (χ0v) is 54.5. The standard InChI is InChI=1S/C62H89N5O15Si2/c1-38-25-41(36-80-83(16,17)61(6,7)8)66(32-38)56(70)43-27-48(74-13)50(29-45(43)63-58(72)79-35-40-34-65(12)54-47(68)31-52(76-15)55(69)53(40)54)77-23-21-20-22-24-78-51-30-46(64-59(73)82-60(3,4)5)44(28-49(51)75-14)57(71)67-33-39(2)26-42(67)37-81-84(18,19)62(9,10)11/h27-31,34,41-42H,1-2,20-26,32-33,35-37H2,3-19H3,(H,63,72)(H,64,73)/t41-,42-/m0/s1. The second-order valence-electron chi connectivity index (χ2n) is 25.8. The lowest BCUT2D eigenvalue weighted by Gasteiger charge is -2.38. The predicted octanol–water partition coefficient (Wildman–Crippen LogP) is 12.3. The van der Waals surface area contributed by atoms with Crippen LogP contribution in [0.3, 0.4) is 0 Å². The number of Topliss-reactive ketones (excluding diaryl/α,β-unsaturated/α-hetero) is 1. The van der Waals surface area contributed by atoms with Gasteiger partial charge in [0.25, 0.3) is 11.8 Å². The summed E-state index contributed by atoms with van der Waals surface area (Å²) in [7, 11) is 1.49. The topological polar surface area (TPSA) is 221 Å². The smallest absolute Gasteiger partial charge is 0.412 e. The fourth-order valence-corrected chi connectivity index (χ4v) is 11.5. The second kappa shape index (κ2) is 26.6. The molecule has 84 heavy (non-hydrogen) atoms. The summed E-state index contributed by atoms with van der Waals surface area (Å²) < 4.78 is 55.3. The van der Waals surface area contributed by atoms with Crippen LogP contribution in [0.1, 0.15) is 142 Å². The lowest BCUT2D eigenvalue weighted by Crippen LogP contribution is -2.46. The zero-order valence-electron chi connectivity index (χ0n) is 52.5. The van der Waals surface area contributed by atoms with Crippen molar-refractivity contribution in [2.45, 2.75) is 155 Å². The minimum absolute atomic E-state index is 0.0258. The van der Waals surface area contributed by atoms with Gasteiger partial charge in [-0.2, -0.15) is 0 Å². The quantitative estimate of drug-likeness (QED) is 0.0512. The van der Waals surface area contributed by atoms with E-state index in [-0.39, 0.29) is 111 Å². The van der Waals surface area contributed by atoms with Gasteiger partial charge in [-0.25, -0.2) is 9.59 Å². The molecule has 2 N–H and O–H groups in total. The Kier molecular flexibility index (Phi) is 21.0. The Morgan fingerprint density at radius 3 is 1.51 bits per heavy atom. The predicted molar refractivity (Wildman–Crippen MR) is 327 cm³/mol. The third-order valence-corrected chi connectivity index (χ3v) is 25.2. The summed E-state index contributed by atoms with van der Waals surface area (Å²) in [5, 5.41) is 5.44. The zero-order chi connectivity index (χ0) is 62.4. The Morgan fingerprint density at radius 1 is 0.643 bits per heavy atom. The third kappa shape index (κ3) is 15.9. The summed E-state index contributed by atoms with van der Waals surface area (Å²) in [5.41, 5.74) is 1.99. The largest absolute Gasteiger partial charge is 0.493 e. The summed E-state index contributed by atoms with van der Waals surface area (Å²) in [5.74, 6) is -0.746. The van der Waals surface area contributed by atoms with Crippen LogP contribution in [-0.4, -0.2) is 145 Å². The molecule has 2 fully saturated rings. The highest BCUT2D eigenvalue weighted by atomic mass is 28.4. The summed E-state index contributed by atoms with van der Waals surface area (Å²) in [4.78, 5) is 86.1. The van der Waals surface area contributed by atoms with Gasteiger partial charge in [0.1, 0.15) is 17.9 Å². The van der Waals surface area contributed by atoms with Gasteiger partial charge in [-0.05, 0) is 101 Å². The second-order valence-corrected chi connectivity index (χ2v) is 35.4. The number of nitrogens with zero attached hydrogens (tertiary/aromatic N) is 3. The van der Waals surface area contributed by atoms with E-state index in [0.29, 0.717) is 63.4 Å². The van der Waals surface area contributed by atoms with E-state index < -0.39 is 51.9 Å². The normalized spacial score (nSPS) is 16.8. The molecule has 0 radical (unpaired) electrons. The third-order valence-electron chi connectivity index (χ3n) is 16.2. The number of nitrogens with one attached hydrogen (secondary N) is 2. The number of ketones is 2. The SMILES string of the molecule is C=C1C[C@@H](CO[Si](C)(C)C(C)(C)C)N(C(=O)c2cc(OC)c(OCCCCCOc3cc(NC(=O)OC(C)(C)C)c(C(=O)N4CC(=C)C[C@H]4CO[Si](C)(C)C(C)(C)C)cc3OC)cc2NC(=O)OCc2cn(C)c3c2C(=O)C(OC)=CC3=O)C1. The summed E-state index contributed by atoms with van der Waals surface area (Å²) in [6.07, 6.45) is 3.84. The summed E-state index contributed by atoms with van der Waals surface area (Å²) in [6.45, 7) is 36.6. The van der Waals surface area contributed by atoms with Crippen LogP contribution in [0.2, 0.25) is 36.3 Å². The first-order valence-electron chi connectivity index (χ1n) is 28.5. The van der Waals surface area contributed by atoms with E-state index in [0.717, 1.165) is 17.2 Å². The van der Waals surface area contributed by atoms with Crippen molar-refractivity contribution in [3.63, 3.8) is 0 Å². The van der Waals surface area contributed by atoms with Crippen LogP contribution in [0.4, 0.5) is 21.0 Å². The molecule has 20 nitrogen and oxygen atoms in total. The molecule has 0 saturated carbocycles. The van der Waals surface area contributed by atoms with E-state index >= 15 is 0 Å². The number of fused-ring (bicyclic) bond motifs is 1. The molecular formula is C62H89N5O15Si2. The van der Waals surface area contributed by atoms with Crippen molar-refractivity contribution in [2.24, 2.45) is 7.05 Å². The number of anilines is 2. The number of carbonyl (C=O) groups excluding carboxylic acids is 6. The molecule has 2 aliphatic heterocycles. The van der Waals surface area contributed by atoms with Crippen molar-refractivity contribution in [3.05, 3.63) is 94.5 Å². The number of benzene rings is 2. The molecule has 3 heterocycles. The highest BCUT2D eigenvalue weighted by molar-refractivity contribution is 6.74. The number of methoxy groups -OCH3 is 3. The van der Waals surface area contributed by atoms with Crippen LogP contribution in [0.15, 0.2) is 66.6 Å². The average molecular weight is 1200 g/mol. The minimum Gasteiger partial charge on any atom is -0.493 e. The van der Waals surface area contributed by atoms with Gasteiger partial charge in [-0.3, -0.25) is 29.8 Å². The Labute approximate surface area is 497 Å². The van der Waals surface area contributed by atoms with Gasteiger partial charge in [0.2, 0.25) is 11.6 Å². The van der Waals surface area contributed by atoms with Crippen LogP contribution in [-0.2, 0) is 36.7 Å². The van der Waals surface area contributed by atoms with Crippen LogP contribution >= 0.6 is 0 Å². The number of likely N-dealkylation sites (tertiary alicyclic amines) is 2. The maximum atomic E-state index is 14.8. The number of hydrogen-bond donors (Lipinski definition) is 2. The van der Waals surface area contributed by atoms with Crippen molar-refractivity contribution < 1.29 is 70.8 Å².